The van der Waals surface area contributed by atoms with E-state index in [2.05, 4.69) is 20.2 Å². The van der Waals surface area contributed by atoms with Crippen molar-refractivity contribution in [2.75, 3.05) is 31.1 Å². The first kappa shape index (κ1) is 11.0. The molecule has 2 fully saturated rings. The SMILES string of the molecule is Cc1cc(C)nc(N2CC[C@@H]3CNC[C@@H]3C2)n1. The number of nitrogens with one attached hydrogen (secondary N) is 1. The molecule has 3 rings (SSSR count). The topological polar surface area (TPSA) is 41.1 Å². The molecule has 2 atom stereocenters. The molecular weight excluding hydrogens is 212 g/mol. The van der Waals surface area contributed by atoms with Gasteiger partial charge >= 0.3 is 0 Å². The normalized spacial score (nSPS) is 28.2. The minimum absolute atomic E-state index is 0.785. The molecule has 0 radical (unpaired) electrons. The number of anilines is 1. The van der Waals surface area contributed by atoms with Gasteiger partial charge in [-0.25, -0.2) is 9.97 Å². The first-order valence-corrected chi connectivity index (χ1v) is 6.50. The van der Waals surface area contributed by atoms with Crippen LogP contribution in [0.4, 0.5) is 5.95 Å². The van der Waals surface area contributed by atoms with E-state index in [0.717, 1.165) is 48.8 Å². The predicted octanol–water partition coefficient (Wildman–Crippen LogP) is 1.14. The summed E-state index contributed by atoms with van der Waals surface area (Å²) in [6, 6.07) is 2.04. The minimum Gasteiger partial charge on any atom is -0.340 e. The minimum atomic E-state index is 0.785. The summed E-state index contributed by atoms with van der Waals surface area (Å²) in [6.45, 7) is 8.66. The first-order chi connectivity index (χ1) is 8.22. The summed E-state index contributed by atoms with van der Waals surface area (Å²) in [7, 11) is 0. The molecule has 1 N–H and O–H groups in total. The van der Waals surface area contributed by atoms with E-state index in [0.29, 0.717) is 0 Å². The second-order valence-electron chi connectivity index (χ2n) is 5.36. The number of rotatable bonds is 1. The van der Waals surface area contributed by atoms with Crippen molar-refractivity contribution in [3.63, 3.8) is 0 Å². The van der Waals surface area contributed by atoms with Crippen molar-refractivity contribution in [2.24, 2.45) is 11.8 Å². The van der Waals surface area contributed by atoms with Crippen LogP contribution in [0, 0.1) is 25.7 Å². The number of aryl methyl sites for hydroxylation is 2. The summed E-state index contributed by atoms with van der Waals surface area (Å²) in [4.78, 5) is 11.5. The van der Waals surface area contributed by atoms with Crippen LogP contribution in [0.2, 0.25) is 0 Å². The van der Waals surface area contributed by atoms with Crippen LogP contribution in [-0.2, 0) is 0 Å². The van der Waals surface area contributed by atoms with Crippen molar-refractivity contribution in [1.29, 1.82) is 0 Å². The highest BCUT2D eigenvalue weighted by molar-refractivity contribution is 5.33. The lowest BCUT2D eigenvalue weighted by Gasteiger charge is -2.34. The highest BCUT2D eigenvalue weighted by Gasteiger charge is 2.33. The lowest BCUT2D eigenvalue weighted by molar-refractivity contribution is 0.346. The third kappa shape index (κ3) is 2.14. The summed E-state index contributed by atoms with van der Waals surface area (Å²) in [6.07, 6.45) is 1.27. The first-order valence-electron chi connectivity index (χ1n) is 6.50. The average molecular weight is 232 g/mol. The van der Waals surface area contributed by atoms with Crippen molar-refractivity contribution >= 4 is 5.95 Å². The third-order valence-corrected chi connectivity index (χ3v) is 3.96. The fraction of sp³-hybridized carbons (Fsp3) is 0.692. The van der Waals surface area contributed by atoms with Crippen LogP contribution in [0.5, 0.6) is 0 Å². The van der Waals surface area contributed by atoms with Crippen LogP contribution in [0.25, 0.3) is 0 Å². The molecule has 0 saturated carbocycles. The van der Waals surface area contributed by atoms with Gasteiger partial charge in [0.25, 0.3) is 0 Å². The Hall–Kier alpha value is -1.16. The van der Waals surface area contributed by atoms with Gasteiger partial charge in [-0.15, -0.1) is 0 Å². The summed E-state index contributed by atoms with van der Waals surface area (Å²) >= 11 is 0. The second kappa shape index (κ2) is 4.26. The van der Waals surface area contributed by atoms with E-state index in [-0.39, 0.29) is 0 Å². The van der Waals surface area contributed by atoms with E-state index >= 15 is 0 Å². The molecule has 0 bridgehead atoms. The molecule has 3 heterocycles. The molecule has 2 aliphatic rings. The monoisotopic (exact) mass is 232 g/mol. The van der Waals surface area contributed by atoms with Crippen molar-refractivity contribution in [1.82, 2.24) is 15.3 Å². The number of piperidine rings is 1. The molecule has 92 valence electrons. The zero-order valence-electron chi connectivity index (χ0n) is 10.6. The fourth-order valence-corrected chi connectivity index (χ4v) is 3.07. The molecule has 0 aliphatic carbocycles. The number of aromatic nitrogens is 2. The van der Waals surface area contributed by atoms with Crippen molar-refractivity contribution in [3.05, 3.63) is 17.5 Å². The van der Waals surface area contributed by atoms with E-state index in [1.807, 2.05) is 19.9 Å². The Morgan fingerprint density at radius 2 is 1.88 bits per heavy atom. The van der Waals surface area contributed by atoms with Gasteiger partial charge in [0.2, 0.25) is 5.95 Å². The highest BCUT2D eigenvalue weighted by Crippen LogP contribution is 2.28. The van der Waals surface area contributed by atoms with Crippen LogP contribution in [0.15, 0.2) is 6.07 Å². The largest absolute Gasteiger partial charge is 0.340 e. The zero-order chi connectivity index (χ0) is 11.8. The lowest BCUT2D eigenvalue weighted by Crippen LogP contribution is -2.41. The Labute approximate surface area is 102 Å². The summed E-state index contributed by atoms with van der Waals surface area (Å²) < 4.78 is 0. The Bertz CT molecular complexity index is 398. The van der Waals surface area contributed by atoms with Crippen LogP contribution in [-0.4, -0.2) is 36.1 Å². The number of hydrogen-bond donors (Lipinski definition) is 1. The predicted molar refractivity (Wildman–Crippen MR) is 68.2 cm³/mol. The maximum absolute atomic E-state index is 4.57. The standard InChI is InChI=1S/C13H20N4/c1-9-5-10(2)16-13(15-9)17-4-3-11-6-14-7-12(11)8-17/h5,11-12,14H,3-4,6-8H2,1-2H3/t11-,12-/m1/s1. The molecule has 0 unspecified atom stereocenters. The van der Waals surface area contributed by atoms with Gasteiger partial charge in [-0.2, -0.15) is 0 Å². The van der Waals surface area contributed by atoms with Gasteiger partial charge in [0.05, 0.1) is 0 Å². The highest BCUT2D eigenvalue weighted by atomic mass is 15.3. The van der Waals surface area contributed by atoms with Crippen LogP contribution in [0.3, 0.4) is 0 Å². The van der Waals surface area contributed by atoms with Gasteiger partial charge < -0.3 is 10.2 Å². The Kier molecular flexibility index (Phi) is 2.74. The zero-order valence-corrected chi connectivity index (χ0v) is 10.6. The van der Waals surface area contributed by atoms with E-state index in [1.165, 1.54) is 13.0 Å². The van der Waals surface area contributed by atoms with Gasteiger partial charge in [0.1, 0.15) is 0 Å². The summed E-state index contributed by atoms with van der Waals surface area (Å²) in [5.41, 5.74) is 2.14. The van der Waals surface area contributed by atoms with Gasteiger partial charge in [-0.05, 0) is 51.3 Å². The molecule has 0 amide bonds. The molecule has 2 saturated heterocycles. The van der Waals surface area contributed by atoms with E-state index in [1.54, 1.807) is 0 Å². The van der Waals surface area contributed by atoms with Crippen LogP contribution in [0.1, 0.15) is 17.8 Å². The Morgan fingerprint density at radius 1 is 1.18 bits per heavy atom. The lowest BCUT2D eigenvalue weighted by atomic mass is 9.89. The van der Waals surface area contributed by atoms with Crippen molar-refractivity contribution < 1.29 is 0 Å². The van der Waals surface area contributed by atoms with E-state index in [9.17, 15) is 0 Å². The van der Waals surface area contributed by atoms with Crippen molar-refractivity contribution in [2.45, 2.75) is 20.3 Å². The second-order valence-corrected chi connectivity index (χ2v) is 5.36. The van der Waals surface area contributed by atoms with E-state index in [4.69, 9.17) is 0 Å². The molecule has 4 nitrogen and oxygen atoms in total. The van der Waals surface area contributed by atoms with Crippen LogP contribution >= 0.6 is 0 Å². The van der Waals surface area contributed by atoms with Gasteiger partial charge in [0.15, 0.2) is 0 Å². The maximum Gasteiger partial charge on any atom is 0.225 e. The van der Waals surface area contributed by atoms with Gasteiger partial charge in [-0.1, -0.05) is 0 Å². The Balaban J connectivity index is 1.80. The third-order valence-electron chi connectivity index (χ3n) is 3.96. The average Bonchev–Trinajstić information content (AvgIpc) is 2.74. The molecular formula is C13H20N4. The molecule has 17 heavy (non-hydrogen) atoms. The van der Waals surface area contributed by atoms with Crippen molar-refractivity contribution in [3.8, 4) is 0 Å². The maximum atomic E-state index is 4.57. The smallest absolute Gasteiger partial charge is 0.225 e. The quantitative estimate of drug-likeness (QED) is 0.788. The molecule has 1 aromatic rings. The molecule has 4 heteroatoms. The van der Waals surface area contributed by atoms with Crippen LogP contribution < -0.4 is 10.2 Å². The van der Waals surface area contributed by atoms with Gasteiger partial charge in [0, 0.05) is 24.5 Å². The molecule has 2 aliphatic heterocycles. The summed E-state index contributed by atoms with van der Waals surface area (Å²) in [5.74, 6) is 2.58. The van der Waals surface area contributed by atoms with E-state index < -0.39 is 0 Å². The number of fused-ring (bicyclic) bond motifs is 1. The fourth-order valence-electron chi connectivity index (χ4n) is 3.07. The molecule has 0 spiro atoms. The van der Waals surface area contributed by atoms with Gasteiger partial charge in [-0.3, -0.25) is 0 Å². The summed E-state index contributed by atoms with van der Waals surface area (Å²) in [5, 5.41) is 3.49. The number of hydrogen-bond acceptors (Lipinski definition) is 4. The number of nitrogens with zero attached hydrogens (tertiary/aromatic N) is 3. The Morgan fingerprint density at radius 3 is 2.65 bits per heavy atom. The molecule has 0 aromatic carbocycles. The molecule has 1 aromatic heterocycles.